The molecule has 0 spiro atoms. The van der Waals surface area contributed by atoms with Crippen LogP contribution in [0.15, 0.2) is 24.3 Å². The first-order chi connectivity index (χ1) is 5.92. The van der Waals surface area contributed by atoms with E-state index in [1.54, 1.807) is 11.5 Å². The molecule has 0 radical (unpaired) electrons. The van der Waals surface area contributed by atoms with Crippen molar-refractivity contribution in [2.75, 3.05) is 6.54 Å². The quantitative estimate of drug-likeness (QED) is 0.761. The molecular formula is C9H10N2S. The van der Waals surface area contributed by atoms with E-state index in [2.05, 4.69) is 10.4 Å². The maximum Gasteiger partial charge on any atom is 0.0843 e. The van der Waals surface area contributed by atoms with Crippen LogP contribution in [0, 0.1) is 0 Å². The number of hydrogen-bond donors (Lipinski definition) is 1. The summed E-state index contributed by atoms with van der Waals surface area (Å²) < 4.78 is 4.32. The van der Waals surface area contributed by atoms with E-state index >= 15 is 0 Å². The van der Waals surface area contributed by atoms with Crippen LogP contribution >= 0.6 is 11.5 Å². The minimum Gasteiger partial charge on any atom is -0.330 e. The van der Waals surface area contributed by atoms with E-state index < -0.39 is 0 Å². The molecule has 1 aromatic carbocycles. The van der Waals surface area contributed by atoms with Gasteiger partial charge in [-0.15, -0.1) is 0 Å². The van der Waals surface area contributed by atoms with Gasteiger partial charge in [0.15, 0.2) is 0 Å². The van der Waals surface area contributed by atoms with Crippen LogP contribution in [0.2, 0.25) is 0 Å². The van der Waals surface area contributed by atoms with Crippen molar-refractivity contribution < 1.29 is 0 Å². The summed E-state index contributed by atoms with van der Waals surface area (Å²) in [4.78, 5) is 1.30. The number of hydrogen-bond acceptors (Lipinski definition) is 3. The van der Waals surface area contributed by atoms with Gasteiger partial charge in [-0.3, -0.25) is 0 Å². The second kappa shape index (κ2) is 3.21. The van der Waals surface area contributed by atoms with Crippen molar-refractivity contribution in [2.24, 2.45) is 5.73 Å². The molecule has 1 heterocycles. The topological polar surface area (TPSA) is 38.9 Å². The van der Waals surface area contributed by atoms with Crippen molar-refractivity contribution in [1.29, 1.82) is 0 Å². The number of rotatable bonds is 2. The smallest absolute Gasteiger partial charge is 0.0843 e. The van der Waals surface area contributed by atoms with E-state index in [4.69, 9.17) is 5.73 Å². The lowest BCUT2D eigenvalue weighted by Crippen LogP contribution is -2.01. The molecule has 2 N–H and O–H groups in total. The van der Waals surface area contributed by atoms with Crippen molar-refractivity contribution in [3.63, 3.8) is 0 Å². The summed E-state index contributed by atoms with van der Waals surface area (Å²) in [6, 6.07) is 8.18. The lowest BCUT2D eigenvalue weighted by Gasteiger charge is -1.91. The lowest BCUT2D eigenvalue weighted by atomic mass is 10.2. The Balaban J connectivity index is 2.55. The number of nitrogens with two attached hydrogens (primary N) is 1. The summed E-state index contributed by atoms with van der Waals surface area (Å²) in [7, 11) is 0. The zero-order chi connectivity index (χ0) is 8.39. The molecule has 0 aliphatic heterocycles. The molecular weight excluding hydrogens is 168 g/mol. The molecule has 2 rings (SSSR count). The van der Waals surface area contributed by atoms with E-state index in [-0.39, 0.29) is 0 Å². The highest BCUT2D eigenvalue weighted by atomic mass is 32.1. The van der Waals surface area contributed by atoms with Crippen LogP contribution < -0.4 is 5.73 Å². The van der Waals surface area contributed by atoms with Crippen LogP contribution in [-0.2, 0) is 6.42 Å². The summed E-state index contributed by atoms with van der Waals surface area (Å²) in [6.45, 7) is 0.701. The first-order valence-electron chi connectivity index (χ1n) is 3.95. The molecule has 3 heteroatoms. The molecule has 2 nitrogen and oxygen atoms in total. The first-order valence-corrected chi connectivity index (χ1v) is 4.72. The van der Waals surface area contributed by atoms with Gasteiger partial charge in [0.1, 0.15) is 0 Å². The Kier molecular flexibility index (Phi) is 2.06. The SMILES string of the molecule is NCCc1snc2ccccc12. The van der Waals surface area contributed by atoms with E-state index in [9.17, 15) is 0 Å². The van der Waals surface area contributed by atoms with Gasteiger partial charge in [-0.25, -0.2) is 0 Å². The second-order valence-corrected chi connectivity index (χ2v) is 3.52. The fourth-order valence-corrected chi connectivity index (χ4v) is 2.10. The van der Waals surface area contributed by atoms with Crippen LogP contribution in [0.1, 0.15) is 4.88 Å². The van der Waals surface area contributed by atoms with Gasteiger partial charge in [-0.1, -0.05) is 18.2 Å². The van der Waals surface area contributed by atoms with Gasteiger partial charge in [-0.05, 0) is 30.6 Å². The van der Waals surface area contributed by atoms with Crippen LogP contribution in [0.4, 0.5) is 0 Å². The summed E-state index contributed by atoms with van der Waals surface area (Å²) in [5.41, 5.74) is 6.58. The standard InChI is InChI=1S/C9H10N2S/c10-6-5-9-7-3-1-2-4-8(7)11-12-9/h1-4H,5-6,10H2. The second-order valence-electron chi connectivity index (χ2n) is 2.66. The van der Waals surface area contributed by atoms with E-state index in [0.717, 1.165) is 11.9 Å². The first kappa shape index (κ1) is 7.71. The number of nitrogens with zero attached hydrogens (tertiary/aromatic N) is 1. The molecule has 62 valence electrons. The van der Waals surface area contributed by atoms with Crippen LogP contribution in [0.5, 0.6) is 0 Å². The van der Waals surface area contributed by atoms with Crippen molar-refractivity contribution in [1.82, 2.24) is 4.37 Å². The maximum atomic E-state index is 5.49. The van der Waals surface area contributed by atoms with Gasteiger partial charge < -0.3 is 5.73 Å². The van der Waals surface area contributed by atoms with Gasteiger partial charge in [0, 0.05) is 10.3 Å². The third kappa shape index (κ3) is 1.21. The monoisotopic (exact) mass is 178 g/mol. The van der Waals surface area contributed by atoms with Crippen LogP contribution in [0.25, 0.3) is 10.9 Å². The lowest BCUT2D eigenvalue weighted by molar-refractivity contribution is 0.995. The molecule has 0 aliphatic carbocycles. The third-order valence-corrected chi connectivity index (χ3v) is 2.76. The Morgan fingerprint density at radius 1 is 1.33 bits per heavy atom. The number of fused-ring (bicyclic) bond motifs is 1. The Morgan fingerprint density at radius 2 is 2.17 bits per heavy atom. The predicted octanol–water partition coefficient (Wildman–Crippen LogP) is 1.80. The minimum absolute atomic E-state index is 0.701. The molecule has 1 aromatic heterocycles. The Labute approximate surface area is 75.2 Å². The van der Waals surface area contributed by atoms with E-state index in [1.807, 2.05) is 18.2 Å². The molecule has 0 bridgehead atoms. The fourth-order valence-electron chi connectivity index (χ4n) is 1.25. The van der Waals surface area contributed by atoms with Gasteiger partial charge >= 0.3 is 0 Å². The van der Waals surface area contributed by atoms with Gasteiger partial charge in [0.2, 0.25) is 0 Å². The molecule has 0 fully saturated rings. The summed E-state index contributed by atoms with van der Waals surface area (Å²) >= 11 is 1.56. The molecule has 0 saturated carbocycles. The third-order valence-electron chi connectivity index (χ3n) is 1.83. The molecule has 0 unspecified atom stereocenters. The van der Waals surface area contributed by atoms with Crippen molar-refractivity contribution in [2.45, 2.75) is 6.42 Å². The Morgan fingerprint density at radius 3 is 3.00 bits per heavy atom. The molecule has 0 atom stereocenters. The van der Waals surface area contributed by atoms with Crippen LogP contribution in [0.3, 0.4) is 0 Å². The van der Waals surface area contributed by atoms with E-state index in [0.29, 0.717) is 6.54 Å². The molecule has 0 saturated heterocycles. The zero-order valence-electron chi connectivity index (χ0n) is 6.66. The maximum absolute atomic E-state index is 5.49. The normalized spacial score (nSPS) is 10.8. The predicted molar refractivity (Wildman–Crippen MR) is 52.4 cm³/mol. The van der Waals surface area contributed by atoms with Crippen molar-refractivity contribution >= 4 is 22.4 Å². The van der Waals surface area contributed by atoms with E-state index in [1.165, 1.54) is 10.3 Å². The Hall–Kier alpha value is -0.930. The van der Waals surface area contributed by atoms with Gasteiger partial charge in [0.05, 0.1) is 5.52 Å². The minimum atomic E-state index is 0.701. The highest BCUT2D eigenvalue weighted by Gasteiger charge is 2.02. The zero-order valence-corrected chi connectivity index (χ0v) is 7.47. The highest BCUT2D eigenvalue weighted by molar-refractivity contribution is 7.07. The van der Waals surface area contributed by atoms with Crippen molar-refractivity contribution in [3.8, 4) is 0 Å². The molecule has 0 aliphatic rings. The van der Waals surface area contributed by atoms with Crippen molar-refractivity contribution in [3.05, 3.63) is 29.1 Å². The van der Waals surface area contributed by atoms with Crippen LogP contribution in [-0.4, -0.2) is 10.9 Å². The average Bonchev–Trinajstić information content (AvgIpc) is 2.50. The molecule has 0 amide bonds. The summed E-state index contributed by atoms with van der Waals surface area (Å²) in [5, 5.41) is 1.26. The highest BCUT2D eigenvalue weighted by Crippen LogP contribution is 2.21. The average molecular weight is 178 g/mol. The van der Waals surface area contributed by atoms with Gasteiger partial charge in [-0.2, -0.15) is 4.37 Å². The Bertz CT molecular complexity index is 381. The summed E-state index contributed by atoms with van der Waals surface area (Å²) in [6.07, 6.45) is 0.936. The molecule has 12 heavy (non-hydrogen) atoms. The molecule has 2 aromatic rings. The fraction of sp³-hybridized carbons (Fsp3) is 0.222. The summed E-state index contributed by atoms with van der Waals surface area (Å²) in [5.74, 6) is 0. The largest absolute Gasteiger partial charge is 0.330 e. The van der Waals surface area contributed by atoms with Gasteiger partial charge in [0.25, 0.3) is 0 Å². The number of benzene rings is 1. The number of aromatic nitrogens is 1.